The van der Waals surface area contributed by atoms with Gasteiger partial charge in [-0.15, -0.1) is 0 Å². The lowest BCUT2D eigenvalue weighted by Crippen LogP contribution is -2.30. The number of rotatable bonds is 3. The monoisotopic (exact) mass is 308 g/mol. The van der Waals surface area contributed by atoms with E-state index in [9.17, 15) is 4.39 Å². The second-order valence-corrected chi connectivity index (χ2v) is 5.85. The first kappa shape index (κ1) is 14.1. The number of nitrogens with one attached hydrogen (secondary N) is 1. The van der Waals surface area contributed by atoms with Gasteiger partial charge in [0, 0.05) is 48.7 Å². The first-order valence-electron chi connectivity index (χ1n) is 7.72. The Morgan fingerprint density at radius 2 is 2.13 bits per heavy atom. The molecule has 0 aliphatic carbocycles. The third-order valence-electron chi connectivity index (χ3n) is 4.36. The molecule has 116 valence electrons. The first-order valence-corrected chi connectivity index (χ1v) is 7.72. The van der Waals surface area contributed by atoms with Crippen LogP contribution in [0.1, 0.15) is 16.7 Å². The molecule has 1 N–H and O–H groups in total. The highest BCUT2D eigenvalue weighted by Gasteiger charge is 2.20. The van der Waals surface area contributed by atoms with Gasteiger partial charge >= 0.3 is 0 Å². The van der Waals surface area contributed by atoms with Crippen molar-refractivity contribution in [1.82, 2.24) is 20.1 Å². The van der Waals surface area contributed by atoms with E-state index in [0.29, 0.717) is 6.54 Å². The second-order valence-electron chi connectivity index (χ2n) is 5.85. The average Bonchev–Trinajstić information content (AvgIpc) is 3.05. The van der Waals surface area contributed by atoms with Crippen molar-refractivity contribution in [2.24, 2.45) is 0 Å². The molecule has 0 atom stereocenters. The summed E-state index contributed by atoms with van der Waals surface area (Å²) in [5, 5.41) is 7.22. The van der Waals surface area contributed by atoms with E-state index in [1.54, 1.807) is 18.3 Å². The third-order valence-corrected chi connectivity index (χ3v) is 4.36. The molecule has 0 fully saturated rings. The normalized spacial score (nSPS) is 14.7. The average molecular weight is 308 g/mol. The number of H-pyrrole nitrogens is 1. The molecule has 3 heterocycles. The van der Waals surface area contributed by atoms with Crippen LogP contribution in [0.5, 0.6) is 0 Å². The van der Waals surface area contributed by atoms with Crippen molar-refractivity contribution in [3.8, 4) is 11.3 Å². The molecule has 1 aliphatic rings. The minimum absolute atomic E-state index is 0.105. The van der Waals surface area contributed by atoms with Crippen LogP contribution < -0.4 is 0 Å². The van der Waals surface area contributed by atoms with Crippen LogP contribution >= 0.6 is 0 Å². The summed E-state index contributed by atoms with van der Waals surface area (Å²) < 4.78 is 14.0. The van der Waals surface area contributed by atoms with Gasteiger partial charge in [-0.3, -0.25) is 15.0 Å². The highest BCUT2D eigenvalue weighted by atomic mass is 19.1. The topological polar surface area (TPSA) is 44.8 Å². The van der Waals surface area contributed by atoms with Gasteiger partial charge in [0.1, 0.15) is 5.82 Å². The van der Waals surface area contributed by atoms with Gasteiger partial charge in [0.05, 0.1) is 11.9 Å². The number of hydrogen-bond acceptors (Lipinski definition) is 3. The Balaban J connectivity index is 1.57. The molecule has 0 radical (unpaired) electrons. The van der Waals surface area contributed by atoms with Gasteiger partial charge < -0.3 is 0 Å². The molecule has 0 spiro atoms. The van der Waals surface area contributed by atoms with E-state index in [0.717, 1.165) is 47.5 Å². The molecule has 23 heavy (non-hydrogen) atoms. The van der Waals surface area contributed by atoms with E-state index in [1.807, 2.05) is 30.6 Å². The fraction of sp³-hybridized carbons (Fsp3) is 0.222. The number of fused-ring (bicyclic) bond motifs is 1. The van der Waals surface area contributed by atoms with E-state index in [2.05, 4.69) is 20.1 Å². The molecule has 0 bridgehead atoms. The molecule has 4 nitrogen and oxygen atoms in total. The van der Waals surface area contributed by atoms with Crippen LogP contribution in [-0.2, 0) is 19.5 Å². The van der Waals surface area contributed by atoms with Crippen molar-refractivity contribution in [1.29, 1.82) is 0 Å². The SMILES string of the molecule is Fc1cccc2c1CN(Cc1cn[nH]c1-c1cccnc1)CC2. The summed E-state index contributed by atoms with van der Waals surface area (Å²) in [6.07, 6.45) is 6.30. The molecule has 0 saturated carbocycles. The fourth-order valence-corrected chi connectivity index (χ4v) is 3.16. The van der Waals surface area contributed by atoms with Gasteiger partial charge in [-0.25, -0.2) is 4.39 Å². The molecule has 0 amide bonds. The summed E-state index contributed by atoms with van der Waals surface area (Å²) in [5.74, 6) is -0.105. The minimum Gasteiger partial charge on any atom is -0.294 e. The summed E-state index contributed by atoms with van der Waals surface area (Å²) in [6.45, 7) is 2.31. The predicted octanol–water partition coefficient (Wildman–Crippen LogP) is 3.17. The molecule has 0 saturated heterocycles. The van der Waals surface area contributed by atoms with E-state index in [4.69, 9.17) is 0 Å². The summed E-state index contributed by atoms with van der Waals surface area (Å²) in [6, 6.07) is 9.28. The lowest BCUT2D eigenvalue weighted by molar-refractivity contribution is 0.241. The van der Waals surface area contributed by atoms with Crippen molar-refractivity contribution in [2.45, 2.75) is 19.5 Å². The number of pyridine rings is 1. The van der Waals surface area contributed by atoms with Crippen LogP contribution in [0.3, 0.4) is 0 Å². The van der Waals surface area contributed by atoms with Crippen molar-refractivity contribution < 1.29 is 4.39 Å². The van der Waals surface area contributed by atoms with Crippen LogP contribution in [0.2, 0.25) is 0 Å². The van der Waals surface area contributed by atoms with E-state index >= 15 is 0 Å². The quantitative estimate of drug-likeness (QED) is 0.808. The van der Waals surface area contributed by atoms with Gasteiger partial charge in [-0.05, 0) is 30.2 Å². The largest absolute Gasteiger partial charge is 0.294 e. The maximum absolute atomic E-state index is 14.0. The van der Waals surface area contributed by atoms with Crippen molar-refractivity contribution in [3.63, 3.8) is 0 Å². The number of hydrogen-bond donors (Lipinski definition) is 1. The lowest BCUT2D eigenvalue weighted by atomic mass is 9.98. The van der Waals surface area contributed by atoms with E-state index in [1.165, 1.54) is 0 Å². The zero-order valence-corrected chi connectivity index (χ0v) is 12.7. The highest BCUT2D eigenvalue weighted by molar-refractivity contribution is 5.61. The van der Waals surface area contributed by atoms with Crippen molar-refractivity contribution >= 4 is 0 Å². The Kier molecular flexibility index (Phi) is 3.63. The molecule has 5 heteroatoms. The first-order chi connectivity index (χ1) is 11.3. The number of benzene rings is 1. The van der Waals surface area contributed by atoms with Crippen molar-refractivity contribution in [3.05, 3.63) is 71.4 Å². The Morgan fingerprint density at radius 1 is 1.17 bits per heavy atom. The lowest BCUT2D eigenvalue weighted by Gasteiger charge is -2.28. The van der Waals surface area contributed by atoms with Crippen LogP contribution in [0.15, 0.2) is 48.9 Å². The Hall–Kier alpha value is -2.53. The molecule has 2 aromatic heterocycles. The van der Waals surface area contributed by atoms with Gasteiger partial charge in [-0.1, -0.05) is 12.1 Å². The zero-order valence-electron chi connectivity index (χ0n) is 12.7. The van der Waals surface area contributed by atoms with Gasteiger partial charge in [0.15, 0.2) is 0 Å². The van der Waals surface area contributed by atoms with E-state index < -0.39 is 0 Å². The summed E-state index contributed by atoms with van der Waals surface area (Å²) in [7, 11) is 0. The highest BCUT2D eigenvalue weighted by Crippen LogP contribution is 2.26. The molecular weight excluding hydrogens is 291 g/mol. The fourth-order valence-electron chi connectivity index (χ4n) is 3.16. The maximum atomic E-state index is 14.0. The summed E-state index contributed by atoms with van der Waals surface area (Å²) >= 11 is 0. The number of aromatic amines is 1. The predicted molar refractivity (Wildman–Crippen MR) is 86.0 cm³/mol. The van der Waals surface area contributed by atoms with Crippen LogP contribution in [0, 0.1) is 5.82 Å². The van der Waals surface area contributed by atoms with Crippen molar-refractivity contribution in [2.75, 3.05) is 6.54 Å². The molecule has 0 unspecified atom stereocenters. The number of aromatic nitrogens is 3. The molecule has 4 rings (SSSR count). The van der Waals surface area contributed by atoms with Crippen LogP contribution in [0.4, 0.5) is 4.39 Å². The Bertz CT molecular complexity index is 813. The van der Waals surface area contributed by atoms with Gasteiger partial charge in [0.25, 0.3) is 0 Å². The molecule has 1 aliphatic heterocycles. The second kappa shape index (κ2) is 5.93. The van der Waals surface area contributed by atoms with Gasteiger partial charge in [-0.2, -0.15) is 5.10 Å². The number of nitrogens with zero attached hydrogens (tertiary/aromatic N) is 3. The third kappa shape index (κ3) is 2.75. The van der Waals surface area contributed by atoms with E-state index in [-0.39, 0.29) is 5.82 Å². The van der Waals surface area contributed by atoms with Gasteiger partial charge in [0.2, 0.25) is 0 Å². The standard InChI is InChI=1S/C18H17FN4/c19-17-5-1-3-13-6-8-23(12-16(13)17)11-15-10-21-22-18(15)14-4-2-7-20-9-14/h1-5,7,9-10H,6,8,11-12H2,(H,21,22). The Labute approximate surface area is 134 Å². The molecule has 3 aromatic rings. The Morgan fingerprint density at radius 3 is 3.00 bits per heavy atom. The molecule has 1 aromatic carbocycles. The summed E-state index contributed by atoms with van der Waals surface area (Å²) in [5.41, 5.74) is 5.06. The maximum Gasteiger partial charge on any atom is 0.127 e. The molecular formula is C18H17FN4. The minimum atomic E-state index is -0.105. The smallest absolute Gasteiger partial charge is 0.127 e. The zero-order chi connectivity index (χ0) is 15.6. The van der Waals surface area contributed by atoms with Crippen LogP contribution in [0.25, 0.3) is 11.3 Å². The van der Waals surface area contributed by atoms with Crippen LogP contribution in [-0.4, -0.2) is 26.6 Å². The number of halogens is 1. The summed E-state index contributed by atoms with van der Waals surface area (Å²) in [4.78, 5) is 6.42.